The predicted molar refractivity (Wildman–Crippen MR) is 119 cm³/mol. The van der Waals surface area contributed by atoms with Crippen LogP contribution in [0.25, 0.3) is 0 Å². The molecule has 4 atom stereocenters. The summed E-state index contributed by atoms with van der Waals surface area (Å²) in [5.41, 5.74) is 5.03. The van der Waals surface area contributed by atoms with Crippen LogP contribution in [-0.2, 0) is 0 Å². The third-order valence-corrected chi connectivity index (χ3v) is 7.20. The molecule has 2 aliphatic carbocycles. The molecule has 2 fully saturated rings. The van der Waals surface area contributed by atoms with Crippen molar-refractivity contribution in [1.82, 2.24) is 0 Å². The Morgan fingerprint density at radius 1 is 0.750 bits per heavy atom. The van der Waals surface area contributed by atoms with E-state index in [0.29, 0.717) is 0 Å². The van der Waals surface area contributed by atoms with Gasteiger partial charge in [-0.2, -0.15) is 0 Å². The highest BCUT2D eigenvalue weighted by atomic mass is 14.4. The van der Waals surface area contributed by atoms with Crippen LogP contribution < -0.4 is 0 Å². The minimum absolute atomic E-state index is 0.767. The fourth-order valence-electron chi connectivity index (χ4n) is 5.58. The maximum Gasteiger partial charge on any atom is 0.0249 e. The molecule has 0 N–H and O–H groups in total. The van der Waals surface area contributed by atoms with Gasteiger partial charge in [-0.1, -0.05) is 67.9 Å². The van der Waals surface area contributed by atoms with Crippen molar-refractivity contribution in [1.29, 1.82) is 0 Å². The van der Waals surface area contributed by atoms with Gasteiger partial charge < -0.3 is 0 Å². The molecule has 0 heterocycles. The lowest BCUT2D eigenvalue weighted by atomic mass is 9.63. The Morgan fingerprint density at radius 2 is 1.36 bits per heavy atom. The van der Waals surface area contributed by atoms with Gasteiger partial charge in [0.05, 0.1) is 0 Å². The summed E-state index contributed by atoms with van der Waals surface area (Å²) in [5.74, 6) is 10.4. The first-order chi connectivity index (χ1) is 13.7. The van der Waals surface area contributed by atoms with Crippen molar-refractivity contribution < 1.29 is 0 Å². The molecule has 4 unspecified atom stereocenters. The molecule has 2 aromatic rings. The third-order valence-electron chi connectivity index (χ3n) is 7.20. The number of benzene rings is 2. The lowest BCUT2D eigenvalue weighted by Gasteiger charge is -2.42. The maximum atomic E-state index is 3.32. The minimum Gasteiger partial charge on any atom is -0.0654 e. The maximum absolute atomic E-state index is 3.32. The molecule has 0 amide bonds. The zero-order chi connectivity index (χ0) is 19.3. The zero-order valence-corrected chi connectivity index (χ0v) is 17.6. The number of hydrogen-bond donors (Lipinski definition) is 0. The van der Waals surface area contributed by atoms with Crippen molar-refractivity contribution in [2.75, 3.05) is 0 Å². The molecule has 2 aromatic carbocycles. The van der Waals surface area contributed by atoms with Crippen molar-refractivity contribution in [3.05, 3.63) is 70.8 Å². The van der Waals surface area contributed by atoms with E-state index in [9.17, 15) is 0 Å². The highest BCUT2D eigenvalue weighted by Gasteiger charge is 2.35. The van der Waals surface area contributed by atoms with Crippen molar-refractivity contribution in [3.8, 4) is 11.8 Å². The van der Waals surface area contributed by atoms with Gasteiger partial charge in [0, 0.05) is 11.1 Å². The first-order valence-electron chi connectivity index (χ1n) is 11.4. The SMILES string of the molecule is CCCC1CCC2CC(c3ccc(C#Cc4ccc(C)cc4)cc3)CCC2C1. The number of aryl methyl sites for hydroxylation is 1. The van der Waals surface area contributed by atoms with Gasteiger partial charge in [0.25, 0.3) is 0 Å². The quantitative estimate of drug-likeness (QED) is 0.491. The van der Waals surface area contributed by atoms with Crippen molar-refractivity contribution in [2.45, 2.75) is 71.1 Å². The van der Waals surface area contributed by atoms with E-state index in [0.717, 1.165) is 34.8 Å². The average Bonchev–Trinajstić information content (AvgIpc) is 2.74. The van der Waals surface area contributed by atoms with E-state index in [4.69, 9.17) is 0 Å². The van der Waals surface area contributed by atoms with E-state index >= 15 is 0 Å². The second-order valence-corrected chi connectivity index (χ2v) is 9.24. The standard InChI is InChI=1S/C28H34/c1-3-4-24-13-16-28-20-27(18-17-26(28)19-24)25-14-11-23(12-15-25)10-9-22-7-5-21(2)6-8-22/h5-8,11-12,14-15,24,26-28H,3-4,13,16-20H2,1-2H3. The molecular weight excluding hydrogens is 336 g/mol. The van der Waals surface area contributed by atoms with Crippen LogP contribution in [0.2, 0.25) is 0 Å². The van der Waals surface area contributed by atoms with Crippen LogP contribution in [0.1, 0.15) is 86.5 Å². The smallest absolute Gasteiger partial charge is 0.0249 e. The molecule has 4 rings (SSSR count). The summed E-state index contributed by atoms with van der Waals surface area (Å²) in [6.45, 7) is 4.46. The first kappa shape index (κ1) is 19.3. The highest BCUT2D eigenvalue weighted by Crippen LogP contribution is 2.48. The molecule has 2 aliphatic rings. The highest BCUT2D eigenvalue weighted by molar-refractivity contribution is 5.44. The van der Waals surface area contributed by atoms with Crippen LogP contribution in [0.4, 0.5) is 0 Å². The van der Waals surface area contributed by atoms with Gasteiger partial charge in [-0.15, -0.1) is 0 Å². The largest absolute Gasteiger partial charge is 0.0654 e. The minimum atomic E-state index is 0.767. The van der Waals surface area contributed by atoms with Crippen molar-refractivity contribution >= 4 is 0 Å². The van der Waals surface area contributed by atoms with Crippen LogP contribution in [-0.4, -0.2) is 0 Å². The van der Waals surface area contributed by atoms with Gasteiger partial charge in [-0.05, 0) is 92.5 Å². The molecule has 146 valence electrons. The Balaban J connectivity index is 1.37. The summed E-state index contributed by atoms with van der Waals surface area (Å²) < 4.78 is 0. The van der Waals surface area contributed by atoms with Crippen molar-refractivity contribution in [3.63, 3.8) is 0 Å². The first-order valence-corrected chi connectivity index (χ1v) is 11.4. The summed E-state index contributed by atoms with van der Waals surface area (Å²) >= 11 is 0. The van der Waals surface area contributed by atoms with E-state index in [1.165, 1.54) is 62.5 Å². The van der Waals surface area contributed by atoms with Crippen LogP contribution in [0.5, 0.6) is 0 Å². The second kappa shape index (κ2) is 9.00. The second-order valence-electron chi connectivity index (χ2n) is 9.24. The molecule has 0 radical (unpaired) electrons. The van der Waals surface area contributed by atoms with E-state index in [2.05, 4.69) is 74.2 Å². The Hall–Kier alpha value is -2.00. The van der Waals surface area contributed by atoms with Crippen LogP contribution in [0.15, 0.2) is 48.5 Å². The summed E-state index contributed by atoms with van der Waals surface area (Å²) in [6.07, 6.45) is 11.5. The Kier molecular flexibility index (Phi) is 6.21. The van der Waals surface area contributed by atoms with Gasteiger partial charge in [0.1, 0.15) is 0 Å². The zero-order valence-electron chi connectivity index (χ0n) is 17.6. The molecular formula is C28H34. The molecule has 0 saturated heterocycles. The molecule has 0 aromatic heterocycles. The van der Waals surface area contributed by atoms with E-state index in [1.807, 2.05) is 0 Å². The third kappa shape index (κ3) is 4.70. The van der Waals surface area contributed by atoms with E-state index in [-0.39, 0.29) is 0 Å². The van der Waals surface area contributed by atoms with Gasteiger partial charge >= 0.3 is 0 Å². The monoisotopic (exact) mass is 370 g/mol. The van der Waals surface area contributed by atoms with Gasteiger partial charge in [-0.3, -0.25) is 0 Å². The molecule has 2 saturated carbocycles. The summed E-state index contributed by atoms with van der Waals surface area (Å²) in [7, 11) is 0. The topological polar surface area (TPSA) is 0 Å². The fraction of sp³-hybridized carbons (Fsp3) is 0.500. The van der Waals surface area contributed by atoms with Crippen LogP contribution >= 0.6 is 0 Å². The molecule has 0 bridgehead atoms. The van der Waals surface area contributed by atoms with Crippen LogP contribution in [0, 0.1) is 36.5 Å². The lowest BCUT2D eigenvalue weighted by Crippen LogP contribution is -2.30. The molecule has 0 nitrogen and oxygen atoms in total. The summed E-state index contributed by atoms with van der Waals surface area (Å²) in [5, 5.41) is 0. The normalized spacial score (nSPS) is 26.8. The fourth-order valence-corrected chi connectivity index (χ4v) is 5.58. The Morgan fingerprint density at radius 3 is 2.04 bits per heavy atom. The summed E-state index contributed by atoms with van der Waals surface area (Å²) in [4.78, 5) is 0. The van der Waals surface area contributed by atoms with Gasteiger partial charge in [0.2, 0.25) is 0 Å². The van der Waals surface area contributed by atoms with E-state index in [1.54, 1.807) is 0 Å². The van der Waals surface area contributed by atoms with Gasteiger partial charge in [0.15, 0.2) is 0 Å². The van der Waals surface area contributed by atoms with Crippen molar-refractivity contribution in [2.24, 2.45) is 17.8 Å². The van der Waals surface area contributed by atoms with Crippen LogP contribution in [0.3, 0.4) is 0 Å². The molecule has 0 aliphatic heterocycles. The predicted octanol–water partition coefficient (Wildman–Crippen LogP) is 7.49. The average molecular weight is 371 g/mol. The summed E-state index contributed by atoms with van der Waals surface area (Å²) in [6, 6.07) is 17.6. The number of hydrogen-bond acceptors (Lipinski definition) is 0. The number of fused-ring (bicyclic) bond motifs is 1. The molecule has 28 heavy (non-hydrogen) atoms. The Bertz CT molecular complexity index is 815. The van der Waals surface area contributed by atoms with E-state index < -0.39 is 0 Å². The Labute approximate surface area is 171 Å². The molecule has 0 spiro atoms. The molecule has 0 heteroatoms. The number of rotatable bonds is 3. The lowest BCUT2D eigenvalue weighted by molar-refractivity contribution is 0.114. The van der Waals surface area contributed by atoms with Gasteiger partial charge in [-0.25, -0.2) is 0 Å².